The summed E-state index contributed by atoms with van der Waals surface area (Å²) in [7, 11) is 4.53. The van der Waals surface area contributed by atoms with E-state index in [0.29, 0.717) is 38.7 Å². The fourth-order valence-electron chi connectivity index (χ4n) is 3.40. The number of hydrogen-bond donors (Lipinski definition) is 0. The molecule has 0 aliphatic heterocycles. The Balaban J connectivity index is 1.83. The van der Waals surface area contributed by atoms with Gasteiger partial charge in [-0.2, -0.15) is 0 Å². The van der Waals surface area contributed by atoms with Crippen molar-refractivity contribution in [2.75, 3.05) is 26.2 Å². The molecule has 0 atom stereocenters. The second-order valence-corrected chi connectivity index (χ2v) is 8.40. The Bertz CT molecular complexity index is 1240. The lowest BCUT2D eigenvalue weighted by atomic mass is 10.1. The van der Waals surface area contributed by atoms with Crippen LogP contribution in [0.3, 0.4) is 0 Å². The number of methoxy groups -OCH3 is 3. The molecule has 4 aromatic rings. The summed E-state index contributed by atoms with van der Waals surface area (Å²) in [4.78, 5) is 20.0. The number of carbonyl (C=O) groups is 1. The maximum atomic E-state index is 13.7. The summed E-state index contributed by atoms with van der Waals surface area (Å²) in [5.41, 5.74) is 2.10. The molecule has 0 saturated heterocycles. The van der Waals surface area contributed by atoms with Crippen molar-refractivity contribution < 1.29 is 23.4 Å². The number of carbonyl (C=O) groups excluding carboxylic acids is 1. The number of fused-ring (bicyclic) bond motifs is 1. The molecule has 0 saturated carbocycles. The number of nitrogens with zero attached hydrogens (tertiary/aromatic N) is 2. The molecule has 0 unspecified atom stereocenters. The van der Waals surface area contributed by atoms with E-state index in [1.54, 1.807) is 29.4 Å². The van der Waals surface area contributed by atoms with Crippen LogP contribution in [0.2, 0.25) is 5.02 Å². The largest absolute Gasteiger partial charge is 0.493 e. The Kier molecular flexibility index (Phi) is 6.25. The molecule has 2 aromatic carbocycles. The third kappa shape index (κ3) is 4.11. The van der Waals surface area contributed by atoms with Crippen LogP contribution in [0, 0.1) is 6.92 Å². The van der Waals surface area contributed by atoms with Crippen LogP contribution in [0.25, 0.3) is 10.2 Å². The highest BCUT2D eigenvalue weighted by atomic mass is 35.5. The Morgan fingerprint density at radius 3 is 2.44 bits per heavy atom. The highest BCUT2D eigenvalue weighted by molar-refractivity contribution is 7.22. The lowest BCUT2D eigenvalue weighted by Crippen LogP contribution is -2.30. The summed E-state index contributed by atoms with van der Waals surface area (Å²) in [5.74, 6) is 1.53. The molecular formula is C23H21ClN2O5S. The maximum absolute atomic E-state index is 13.7. The molecule has 2 heterocycles. The molecule has 4 rings (SSSR count). The quantitative estimate of drug-likeness (QED) is 0.342. The zero-order valence-electron chi connectivity index (χ0n) is 18.0. The minimum atomic E-state index is -0.288. The standard InChI is InChI=1S/C23H21ClN2O5S/c1-13-8-15(24)11-19-20(13)25-23(32-19)26(12-16-6-5-7-31-16)22(27)14-9-17(28-2)21(30-4)18(10-14)29-3/h5-11H,12H2,1-4H3. The second kappa shape index (κ2) is 9.10. The Labute approximate surface area is 194 Å². The van der Waals surface area contributed by atoms with Crippen molar-refractivity contribution in [3.63, 3.8) is 0 Å². The summed E-state index contributed by atoms with van der Waals surface area (Å²) in [6.07, 6.45) is 1.57. The van der Waals surface area contributed by atoms with Crippen LogP contribution in [0.1, 0.15) is 21.7 Å². The SMILES string of the molecule is COc1cc(C(=O)N(Cc2ccco2)c2nc3c(C)cc(Cl)cc3s2)cc(OC)c1OC. The second-order valence-electron chi connectivity index (χ2n) is 6.95. The van der Waals surface area contributed by atoms with Crippen LogP contribution in [0.4, 0.5) is 5.13 Å². The number of amides is 1. The van der Waals surface area contributed by atoms with Crippen molar-refractivity contribution in [1.82, 2.24) is 4.98 Å². The Morgan fingerprint density at radius 2 is 1.84 bits per heavy atom. The lowest BCUT2D eigenvalue weighted by Gasteiger charge is -2.20. The van der Waals surface area contributed by atoms with Crippen LogP contribution in [0.5, 0.6) is 17.2 Å². The van der Waals surface area contributed by atoms with Crippen LogP contribution in [-0.2, 0) is 6.54 Å². The van der Waals surface area contributed by atoms with Crippen molar-refractivity contribution in [3.05, 3.63) is 64.6 Å². The number of benzene rings is 2. The van der Waals surface area contributed by atoms with Gasteiger partial charge in [0.2, 0.25) is 5.75 Å². The molecule has 0 fully saturated rings. The predicted molar refractivity (Wildman–Crippen MR) is 125 cm³/mol. The van der Waals surface area contributed by atoms with E-state index in [1.165, 1.54) is 32.7 Å². The van der Waals surface area contributed by atoms with E-state index in [2.05, 4.69) is 0 Å². The summed E-state index contributed by atoms with van der Waals surface area (Å²) in [6, 6.07) is 10.5. The van der Waals surface area contributed by atoms with Gasteiger partial charge in [0.1, 0.15) is 5.76 Å². The third-order valence-corrected chi connectivity index (χ3v) is 6.16. The van der Waals surface area contributed by atoms with Gasteiger partial charge < -0.3 is 18.6 Å². The van der Waals surface area contributed by atoms with Gasteiger partial charge in [-0.05, 0) is 48.9 Å². The van der Waals surface area contributed by atoms with Gasteiger partial charge in [-0.15, -0.1) is 0 Å². The van der Waals surface area contributed by atoms with Gasteiger partial charge in [0.15, 0.2) is 16.6 Å². The van der Waals surface area contributed by atoms with Crippen molar-refractivity contribution >= 4 is 44.2 Å². The molecule has 7 nitrogen and oxygen atoms in total. The molecule has 0 radical (unpaired) electrons. The van der Waals surface area contributed by atoms with Crippen LogP contribution in [-0.4, -0.2) is 32.2 Å². The topological polar surface area (TPSA) is 74.0 Å². The molecule has 166 valence electrons. The predicted octanol–water partition coefficient (Wildman–Crippen LogP) is 5.72. The summed E-state index contributed by atoms with van der Waals surface area (Å²) in [5, 5.41) is 1.15. The van der Waals surface area contributed by atoms with Gasteiger partial charge in [0.05, 0.1) is 44.4 Å². The number of halogens is 1. The molecule has 0 aliphatic carbocycles. The first-order valence-electron chi connectivity index (χ1n) is 9.66. The Hall–Kier alpha value is -3.23. The first kappa shape index (κ1) is 22.0. The van der Waals surface area contributed by atoms with Crippen LogP contribution in [0.15, 0.2) is 47.1 Å². The van der Waals surface area contributed by atoms with E-state index in [9.17, 15) is 4.79 Å². The zero-order chi connectivity index (χ0) is 22.8. The molecular weight excluding hydrogens is 452 g/mol. The van der Waals surface area contributed by atoms with E-state index in [0.717, 1.165) is 15.8 Å². The van der Waals surface area contributed by atoms with Gasteiger partial charge >= 0.3 is 0 Å². The van der Waals surface area contributed by atoms with Crippen molar-refractivity contribution in [2.24, 2.45) is 0 Å². The highest BCUT2D eigenvalue weighted by Crippen LogP contribution is 2.40. The molecule has 1 amide bonds. The normalized spacial score (nSPS) is 10.9. The lowest BCUT2D eigenvalue weighted by molar-refractivity contribution is 0.0982. The average Bonchev–Trinajstić information content (AvgIpc) is 3.45. The van der Waals surface area contributed by atoms with Gasteiger partial charge in [-0.3, -0.25) is 9.69 Å². The van der Waals surface area contributed by atoms with E-state index < -0.39 is 0 Å². The number of furan rings is 1. The van der Waals surface area contributed by atoms with Crippen molar-refractivity contribution in [3.8, 4) is 17.2 Å². The monoisotopic (exact) mass is 472 g/mol. The van der Waals surface area contributed by atoms with E-state index in [-0.39, 0.29) is 12.5 Å². The zero-order valence-corrected chi connectivity index (χ0v) is 19.5. The number of aromatic nitrogens is 1. The molecule has 32 heavy (non-hydrogen) atoms. The molecule has 2 aromatic heterocycles. The molecule has 0 spiro atoms. The van der Waals surface area contributed by atoms with Crippen LogP contribution < -0.4 is 19.1 Å². The number of thiazole rings is 1. The van der Waals surface area contributed by atoms with E-state index in [1.807, 2.05) is 25.1 Å². The van der Waals surface area contributed by atoms with Gasteiger partial charge in [-0.1, -0.05) is 22.9 Å². The fourth-order valence-corrected chi connectivity index (χ4v) is 4.82. The first-order valence-corrected chi connectivity index (χ1v) is 10.9. The number of ether oxygens (including phenoxy) is 3. The van der Waals surface area contributed by atoms with Gasteiger partial charge in [0, 0.05) is 10.6 Å². The van der Waals surface area contributed by atoms with Crippen molar-refractivity contribution in [1.29, 1.82) is 0 Å². The summed E-state index contributed by atoms with van der Waals surface area (Å²) < 4.78 is 22.6. The van der Waals surface area contributed by atoms with Crippen molar-refractivity contribution in [2.45, 2.75) is 13.5 Å². The van der Waals surface area contributed by atoms with E-state index in [4.69, 9.17) is 35.2 Å². The minimum Gasteiger partial charge on any atom is -0.493 e. The number of rotatable bonds is 7. The minimum absolute atomic E-state index is 0.203. The molecule has 0 bridgehead atoms. The number of aryl methyl sites for hydroxylation is 1. The first-order chi connectivity index (χ1) is 15.4. The maximum Gasteiger partial charge on any atom is 0.260 e. The number of hydrogen-bond acceptors (Lipinski definition) is 7. The Morgan fingerprint density at radius 1 is 1.12 bits per heavy atom. The number of anilines is 1. The average molecular weight is 473 g/mol. The van der Waals surface area contributed by atoms with Gasteiger partial charge in [0.25, 0.3) is 5.91 Å². The third-order valence-electron chi connectivity index (χ3n) is 4.92. The van der Waals surface area contributed by atoms with Crippen LogP contribution >= 0.6 is 22.9 Å². The molecule has 9 heteroatoms. The summed E-state index contributed by atoms with van der Waals surface area (Å²) in [6.45, 7) is 2.14. The van der Waals surface area contributed by atoms with Gasteiger partial charge in [-0.25, -0.2) is 4.98 Å². The molecule has 0 aliphatic rings. The van der Waals surface area contributed by atoms with E-state index >= 15 is 0 Å². The summed E-state index contributed by atoms with van der Waals surface area (Å²) >= 11 is 7.61. The fraction of sp³-hybridized carbons (Fsp3) is 0.217. The smallest absolute Gasteiger partial charge is 0.260 e. The molecule has 0 N–H and O–H groups in total. The highest BCUT2D eigenvalue weighted by Gasteiger charge is 2.26.